The third-order valence-electron chi connectivity index (χ3n) is 4.18. The van der Waals surface area contributed by atoms with Gasteiger partial charge in [0.1, 0.15) is 17.1 Å². The minimum atomic E-state index is -0.514. The second kappa shape index (κ2) is 8.03. The van der Waals surface area contributed by atoms with Crippen LogP contribution in [0.5, 0.6) is 5.75 Å². The van der Waals surface area contributed by atoms with Crippen molar-refractivity contribution in [2.45, 2.75) is 34.6 Å². The smallest absolute Gasteiger partial charge is 0.343 e. The van der Waals surface area contributed by atoms with Crippen molar-refractivity contribution in [2.75, 3.05) is 18.5 Å². The van der Waals surface area contributed by atoms with Gasteiger partial charge >= 0.3 is 5.97 Å². The molecule has 0 bridgehead atoms. The Morgan fingerprint density at radius 3 is 2.46 bits per heavy atom. The van der Waals surface area contributed by atoms with Gasteiger partial charge in [-0.2, -0.15) is 5.10 Å². The van der Waals surface area contributed by atoms with Gasteiger partial charge in [-0.15, -0.1) is 0 Å². The molecule has 0 atom stereocenters. The molecule has 0 aliphatic rings. The maximum atomic E-state index is 12.4. The van der Waals surface area contributed by atoms with Crippen molar-refractivity contribution in [2.24, 2.45) is 7.05 Å². The van der Waals surface area contributed by atoms with Crippen molar-refractivity contribution < 1.29 is 19.1 Å². The normalized spacial score (nSPS) is 10.5. The molecule has 26 heavy (non-hydrogen) atoms. The number of carbonyl (C=O) groups is 2. The Morgan fingerprint density at radius 2 is 1.81 bits per heavy atom. The predicted octanol–water partition coefficient (Wildman–Crippen LogP) is 2.85. The monoisotopic (exact) mass is 359 g/mol. The zero-order valence-electron chi connectivity index (χ0n) is 16.1. The van der Waals surface area contributed by atoms with E-state index >= 15 is 0 Å². The molecule has 1 N–H and O–H groups in total. The number of ether oxygens (including phenoxy) is 2. The van der Waals surface area contributed by atoms with Gasteiger partial charge < -0.3 is 14.8 Å². The highest BCUT2D eigenvalue weighted by molar-refractivity contribution is 6.01. The van der Waals surface area contributed by atoms with Crippen LogP contribution in [0.1, 0.15) is 39.7 Å². The highest BCUT2D eigenvalue weighted by Gasteiger charge is 2.23. The van der Waals surface area contributed by atoms with E-state index < -0.39 is 5.97 Å². The molecule has 140 valence electrons. The van der Waals surface area contributed by atoms with Gasteiger partial charge in [0.05, 0.1) is 12.3 Å². The SMILES string of the molecule is CCOC(=O)c1c(C)nn(C)c1NC(=O)COc1c(C)ccc(C)c1C. The number of nitrogens with zero attached hydrogens (tertiary/aromatic N) is 2. The molecule has 7 nitrogen and oxygen atoms in total. The van der Waals surface area contributed by atoms with E-state index in [1.807, 2.05) is 32.9 Å². The lowest BCUT2D eigenvalue weighted by atomic mass is 10.1. The van der Waals surface area contributed by atoms with Gasteiger partial charge in [-0.25, -0.2) is 4.79 Å². The van der Waals surface area contributed by atoms with Crippen LogP contribution in [0.25, 0.3) is 0 Å². The zero-order chi connectivity index (χ0) is 19.4. The fraction of sp³-hybridized carbons (Fsp3) is 0.421. The number of rotatable bonds is 6. The molecule has 0 aliphatic heterocycles. The van der Waals surface area contributed by atoms with Crippen LogP contribution in [0.3, 0.4) is 0 Å². The summed E-state index contributed by atoms with van der Waals surface area (Å²) in [5.41, 5.74) is 3.81. The predicted molar refractivity (Wildman–Crippen MR) is 98.7 cm³/mol. The molecule has 7 heteroatoms. The van der Waals surface area contributed by atoms with Crippen molar-refractivity contribution in [3.05, 3.63) is 40.1 Å². The Hall–Kier alpha value is -2.83. The molecule has 0 fully saturated rings. The number of anilines is 1. The average molecular weight is 359 g/mol. The summed E-state index contributed by atoms with van der Waals surface area (Å²) in [7, 11) is 1.65. The Balaban J connectivity index is 2.14. The molecule has 0 radical (unpaired) electrons. The molecule has 0 saturated heterocycles. The summed E-state index contributed by atoms with van der Waals surface area (Å²) in [6.45, 7) is 9.38. The number of carbonyl (C=O) groups excluding carboxylic acids is 2. The van der Waals surface area contributed by atoms with Gasteiger partial charge in [-0.05, 0) is 51.3 Å². The van der Waals surface area contributed by atoms with E-state index in [0.717, 1.165) is 16.7 Å². The van der Waals surface area contributed by atoms with Crippen LogP contribution in [0, 0.1) is 27.7 Å². The summed E-state index contributed by atoms with van der Waals surface area (Å²) >= 11 is 0. The molecule has 0 unspecified atom stereocenters. The van der Waals surface area contributed by atoms with E-state index in [1.54, 1.807) is 20.9 Å². The number of hydrogen-bond acceptors (Lipinski definition) is 5. The number of hydrogen-bond donors (Lipinski definition) is 1. The fourth-order valence-corrected chi connectivity index (χ4v) is 2.70. The number of nitrogens with one attached hydrogen (secondary N) is 1. The minimum Gasteiger partial charge on any atom is -0.483 e. The van der Waals surface area contributed by atoms with Gasteiger partial charge in [-0.3, -0.25) is 9.48 Å². The maximum Gasteiger partial charge on any atom is 0.343 e. The van der Waals surface area contributed by atoms with Crippen LogP contribution >= 0.6 is 0 Å². The molecule has 1 aromatic heterocycles. The second-order valence-electron chi connectivity index (χ2n) is 6.14. The number of amides is 1. The summed E-state index contributed by atoms with van der Waals surface area (Å²) in [6.07, 6.45) is 0. The topological polar surface area (TPSA) is 82.5 Å². The molecule has 0 saturated carbocycles. The van der Waals surface area contributed by atoms with Gasteiger partial charge in [0.2, 0.25) is 0 Å². The number of esters is 1. The third-order valence-corrected chi connectivity index (χ3v) is 4.18. The molecule has 0 aliphatic carbocycles. The number of aromatic nitrogens is 2. The molecule has 2 aromatic rings. The lowest BCUT2D eigenvalue weighted by Gasteiger charge is -2.14. The molecule has 1 heterocycles. The van der Waals surface area contributed by atoms with Crippen LogP contribution in [-0.4, -0.2) is 34.9 Å². The van der Waals surface area contributed by atoms with Gasteiger partial charge in [0.15, 0.2) is 6.61 Å². The first-order valence-electron chi connectivity index (χ1n) is 8.46. The van der Waals surface area contributed by atoms with Crippen LogP contribution in [0.2, 0.25) is 0 Å². The van der Waals surface area contributed by atoms with E-state index in [9.17, 15) is 9.59 Å². The number of benzene rings is 1. The van der Waals surface area contributed by atoms with Crippen molar-refractivity contribution in [1.29, 1.82) is 0 Å². The quantitative estimate of drug-likeness (QED) is 0.802. The van der Waals surface area contributed by atoms with E-state index in [4.69, 9.17) is 9.47 Å². The zero-order valence-corrected chi connectivity index (χ0v) is 16.1. The molecule has 1 amide bonds. The molecular weight excluding hydrogens is 334 g/mol. The van der Waals surface area contributed by atoms with Gasteiger partial charge in [0.25, 0.3) is 5.91 Å². The Morgan fingerprint density at radius 1 is 1.15 bits per heavy atom. The Labute approximate surface area is 153 Å². The first-order valence-corrected chi connectivity index (χ1v) is 8.46. The van der Waals surface area contributed by atoms with Gasteiger partial charge in [0, 0.05) is 7.05 Å². The standard InChI is InChI=1S/C19H25N3O4/c1-7-25-19(24)16-14(5)21-22(6)18(16)20-15(23)10-26-17-12(3)9-8-11(2)13(17)4/h8-9H,7,10H2,1-6H3,(H,20,23). The largest absolute Gasteiger partial charge is 0.483 e. The van der Waals surface area contributed by atoms with Crippen LogP contribution in [0.4, 0.5) is 5.82 Å². The van der Waals surface area contributed by atoms with Crippen LogP contribution in [0.15, 0.2) is 12.1 Å². The Kier molecular flexibility index (Phi) is 6.02. The third kappa shape index (κ3) is 4.04. The lowest BCUT2D eigenvalue weighted by molar-refractivity contribution is -0.118. The van der Waals surface area contributed by atoms with Crippen molar-refractivity contribution >= 4 is 17.7 Å². The molecule has 0 spiro atoms. The molecule has 2 rings (SSSR count). The highest BCUT2D eigenvalue weighted by Crippen LogP contribution is 2.26. The summed E-state index contributed by atoms with van der Waals surface area (Å²) in [5, 5.41) is 6.88. The first kappa shape index (κ1) is 19.5. The summed E-state index contributed by atoms with van der Waals surface area (Å²) in [5.74, 6) is 0.109. The molecular formula is C19H25N3O4. The van der Waals surface area contributed by atoms with E-state index in [-0.39, 0.29) is 24.7 Å². The van der Waals surface area contributed by atoms with E-state index in [2.05, 4.69) is 10.4 Å². The maximum absolute atomic E-state index is 12.4. The lowest BCUT2D eigenvalue weighted by Crippen LogP contribution is -2.23. The van der Waals surface area contributed by atoms with E-state index in [1.165, 1.54) is 4.68 Å². The second-order valence-corrected chi connectivity index (χ2v) is 6.14. The van der Waals surface area contributed by atoms with Crippen LogP contribution in [-0.2, 0) is 16.6 Å². The van der Waals surface area contributed by atoms with Gasteiger partial charge in [-0.1, -0.05) is 12.1 Å². The van der Waals surface area contributed by atoms with Crippen molar-refractivity contribution in [1.82, 2.24) is 9.78 Å². The van der Waals surface area contributed by atoms with Crippen molar-refractivity contribution in [3.63, 3.8) is 0 Å². The summed E-state index contributed by atoms with van der Waals surface area (Å²) < 4.78 is 12.2. The summed E-state index contributed by atoms with van der Waals surface area (Å²) in [4.78, 5) is 24.5. The Bertz CT molecular complexity index is 840. The number of aryl methyl sites for hydroxylation is 4. The highest BCUT2D eigenvalue weighted by atomic mass is 16.5. The summed E-state index contributed by atoms with van der Waals surface area (Å²) in [6, 6.07) is 3.97. The fourth-order valence-electron chi connectivity index (χ4n) is 2.70. The molecule has 1 aromatic carbocycles. The van der Waals surface area contributed by atoms with Crippen LogP contribution < -0.4 is 10.1 Å². The van der Waals surface area contributed by atoms with E-state index in [0.29, 0.717) is 17.3 Å². The van der Waals surface area contributed by atoms with Crippen molar-refractivity contribution in [3.8, 4) is 5.75 Å². The first-order chi connectivity index (χ1) is 12.3. The minimum absolute atomic E-state index is 0.169. The average Bonchev–Trinajstić information content (AvgIpc) is 2.85.